The summed E-state index contributed by atoms with van der Waals surface area (Å²) in [4.78, 5) is 0. The standard InChI is InChI=1S/C30H50O/c1-24(2)13-14-26(5)15-17-28(7)20-11-12-30-21(9-10-23(31-30)25(30,3)4)27(20,6)16-18-29(28,8)22(26)19-24/h20-23H,9-19H2,1-8H3. The molecule has 7 aliphatic rings. The molecule has 1 spiro atoms. The predicted octanol–water partition coefficient (Wildman–Crippen LogP) is 8.41. The Morgan fingerprint density at radius 2 is 1.23 bits per heavy atom. The third kappa shape index (κ3) is 2.25. The monoisotopic (exact) mass is 426 g/mol. The number of hydrogen-bond acceptors (Lipinski definition) is 1. The fraction of sp³-hybridized carbons (Fsp3) is 1.00. The van der Waals surface area contributed by atoms with Crippen molar-refractivity contribution < 1.29 is 4.74 Å². The molecule has 1 nitrogen and oxygen atoms in total. The second kappa shape index (κ2) is 5.78. The highest BCUT2D eigenvalue weighted by Gasteiger charge is 2.76. The van der Waals surface area contributed by atoms with Crippen molar-refractivity contribution in [3.05, 3.63) is 0 Å². The minimum absolute atomic E-state index is 0.196. The first-order chi connectivity index (χ1) is 14.2. The molecule has 0 aromatic carbocycles. The topological polar surface area (TPSA) is 9.23 Å². The molecule has 1 heteroatoms. The highest BCUT2D eigenvalue weighted by atomic mass is 16.5. The minimum Gasteiger partial charge on any atom is -0.370 e. The van der Waals surface area contributed by atoms with Gasteiger partial charge in [0.25, 0.3) is 0 Å². The lowest BCUT2D eigenvalue weighted by atomic mass is 9.30. The maximum atomic E-state index is 6.82. The molecular formula is C30H50O. The molecule has 0 radical (unpaired) electrons. The third-order valence-corrected chi connectivity index (χ3v) is 14.1. The molecule has 31 heavy (non-hydrogen) atoms. The molecule has 2 saturated heterocycles. The molecule has 7 rings (SSSR count). The number of hydrogen-bond donors (Lipinski definition) is 0. The van der Waals surface area contributed by atoms with E-state index in [-0.39, 0.29) is 5.60 Å². The summed E-state index contributed by atoms with van der Waals surface area (Å²) in [5.41, 5.74) is 3.21. The molecule has 5 saturated carbocycles. The zero-order valence-corrected chi connectivity index (χ0v) is 22.0. The van der Waals surface area contributed by atoms with Crippen molar-refractivity contribution in [2.24, 2.45) is 50.2 Å². The van der Waals surface area contributed by atoms with Gasteiger partial charge in [-0.05, 0) is 115 Å². The fourth-order valence-electron chi connectivity index (χ4n) is 11.8. The SMILES string of the molecule is CC1(C)CCC2(C)CCC3(C)C4CCC56OC(CCC5C4(C)CCC3(C)C2C1)C6(C)C. The van der Waals surface area contributed by atoms with Gasteiger partial charge in [-0.1, -0.05) is 55.4 Å². The summed E-state index contributed by atoms with van der Waals surface area (Å²) in [7, 11) is 0. The van der Waals surface area contributed by atoms with E-state index in [4.69, 9.17) is 4.74 Å². The molecule has 2 heterocycles. The van der Waals surface area contributed by atoms with Gasteiger partial charge < -0.3 is 4.74 Å². The number of fused-ring (bicyclic) bond motifs is 6. The summed E-state index contributed by atoms with van der Waals surface area (Å²) in [6.07, 6.45) is 16.3. The summed E-state index contributed by atoms with van der Waals surface area (Å²) >= 11 is 0. The summed E-state index contributed by atoms with van der Waals surface area (Å²) in [5.74, 6) is 2.59. The highest BCUT2D eigenvalue weighted by Crippen LogP contribution is 2.80. The lowest BCUT2D eigenvalue weighted by molar-refractivity contribution is -0.399. The highest BCUT2D eigenvalue weighted by molar-refractivity contribution is 5.25. The van der Waals surface area contributed by atoms with Crippen LogP contribution in [0, 0.1) is 50.2 Å². The van der Waals surface area contributed by atoms with Crippen molar-refractivity contribution in [2.75, 3.05) is 0 Å². The Labute approximate surface area is 192 Å². The number of ether oxygens (including phenoxy) is 1. The summed E-state index contributed by atoms with van der Waals surface area (Å²) in [5, 5.41) is 0. The maximum absolute atomic E-state index is 6.82. The van der Waals surface area contributed by atoms with E-state index in [0.717, 1.165) is 17.8 Å². The van der Waals surface area contributed by atoms with Gasteiger partial charge in [-0.25, -0.2) is 0 Å². The van der Waals surface area contributed by atoms with E-state index in [0.29, 0.717) is 38.6 Å². The van der Waals surface area contributed by atoms with Crippen LogP contribution in [0.1, 0.15) is 126 Å². The van der Waals surface area contributed by atoms with Crippen molar-refractivity contribution in [3.8, 4) is 0 Å². The van der Waals surface area contributed by atoms with E-state index in [1.54, 1.807) is 0 Å². The molecule has 5 aliphatic carbocycles. The van der Waals surface area contributed by atoms with E-state index in [9.17, 15) is 0 Å². The average Bonchev–Trinajstić information content (AvgIpc) is 2.71. The van der Waals surface area contributed by atoms with E-state index in [1.165, 1.54) is 70.6 Å². The van der Waals surface area contributed by atoms with Gasteiger partial charge in [-0.15, -0.1) is 0 Å². The van der Waals surface area contributed by atoms with Gasteiger partial charge in [-0.2, -0.15) is 0 Å². The second-order valence-corrected chi connectivity index (χ2v) is 15.9. The Morgan fingerprint density at radius 3 is 1.94 bits per heavy atom. The van der Waals surface area contributed by atoms with E-state index >= 15 is 0 Å². The Morgan fingerprint density at radius 1 is 0.581 bits per heavy atom. The fourth-order valence-corrected chi connectivity index (χ4v) is 11.8. The quantitative estimate of drug-likeness (QED) is 0.378. The first-order valence-corrected chi connectivity index (χ1v) is 13.9. The van der Waals surface area contributed by atoms with Crippen LogP contribution in [0.3, 0.4) is 0 Å². The number of rotatable bonds is 0. The zero-order chi connectivity index (χ0) is 22.3. The van der Waals surface area contributed by atoms with Crippen LogP contribution < -0.4 is 0 Å². The molecule has 2 bridgehead atoms. The molecule has 0 aromatic rings. The molecule has 0 aromatic heterocycles. The smallest absolute Gasteiger partial charge is 0.0795 e. The molecule has 2 aliphatic heterocycles. The molecule has 0 N–H and O–H groups in total. The van der Waals surface area contributed by atoms with Crippen LogP contribution in [0.4, 0.5) is 0 Å². The lowest BCUT2D eigenvalue weighted by Gasteiger charge is -2.79. The van der Waals surface area contributed by atoms with Gasteiger partial charge in [0.2, 0.25) is 0 Å². The second-order valence-electron chi connectivity index (χ2n) is 15.9. The van der Waals surface area contributed by atoms with Gasteiger partial charge in [0, 0.05) is 5.41 Å². The molecule has 9 unspecified atom stereocenters. The van der Waals surface area contributed by atoms with Crippen molar-refractivity contribution >= 4 is 0 Å². The van der Waals surface area contributed by atoms with Gasteiger partial charge in [-0.3, -0.25) is 0 Å². The van der Waals surface area contributed by atoms with Crippen LogP contribution in [0.15, 0.2) is 0 Å². The predicted molar refractivity (Wildman–Crippen MR) is 129 cm³/mol. The van der Waals surface area contributed by atoms with E-state index < -0.39 is 0 Å². The van der Waals surface area contributed by atoms with Gasteiger partial charge in [0.15, 0.2) is 0 Å². The molecule has 7 fully saturated rings. The van der Waals surface area contributed by atoms with Crippen LogP contribution in [0.5, 0.6) is 0 Å². The van der Waals surface area contributed by atoms with E-state index in [2.05, 4.69) is 55.4 Å². The Bertz CT molecular complexity index is 796. The Hall–Kier alpha value is -0.0400. The molecule has 0 amide bonds. The van der Waals surface area contributed by atoms with Crippen LogP contribution >= 0.6 is 0 Å². The summed E-state index contributed by atoms with van der Waals surface area (Å²) in [6.45, 7) is 21.2. The van der Waals surface area contributed by atoms with Crippen LogP contribution in [0.25, 0.3) is 0 Å². The van der Waals surface area contributed by atoms with Crippen LogP contribution in [-0.4, -0.2) is 11.7 Å². The van der Waals surface area contributed by atoms with Crippen LogP contribution in [-0.2, 0) is 4.74 Å². The van der Waals surface area contributed by atoms with E-state index in [1.807, 2.05) is 0 Å². The van der Waals surface area contributed by atoms with Gasteiger partial charge in [0.1, 0.15) is 0 Å². The first kappa shape index (κ1) is 21.5. The Kier molecular flexibility index (Phi) is 4.00. The van der Waals surface area contributed by atoms with Crippen molar-refractivity contribution in [1.82, 2.24) is 0 Å². The van der Waals surface area contributed by atoms with Crippen molar-refractivity contribution in [1.29, 1.82) is 0 Å². The zero-order valence-electron chi connectivity index (χ0n) is 22.0. The summed E-state index contributed by atoms with van der Waals surface area (Å²) in [6, 6.07) is 0. The molecular weight excluding hydrogens is 376 g/mol. The normalized spacial score (nSPS) is 61.2. The third-order valence-electron chi connectivity index (χ3n) is 14.1. The van der Waals surface area contributed by atoms with Gasteiger partial charge >= 0.3 is 0 Å². The first-order valence-electron chi connectivity index (χ1n) is 13.9. The lowest BCUT2D eigenvalue weighted by Crippen LogP contribution is -2.78. The van der Waals surface area contributed by atoms with Crippen LogP contribution in [0.2, 0.25) is 0 Å². The average molecular weight is 427 g/mol. The summed E-state index contributed by atoms with van der Waals surface area (Å²) < 4.78 is 6.82. The van der Waals surface area contributed by atoms with Crippen molar-refractivity contribution in [3.63, 3.8) is 0 Å². The van der Waals surface area contributed by atoms with Gasteiger partial charge in [0.05, 0.1) is 11.7 Å². The minimum atomic E-state index is 0.196. The molecule has 176 valence electrons. The van der Waals surface area contributed by atoms with Crippen molar-refractivity contribution in [2.45, 2.75) is 138 Å². The largest absolute Gasteiger partial charge is 0.370 e. The molecule has 9 atom stereocenters. The maximum Gasteiger partial charge on any atom is 0.0795 e. The Balaban J connectivity index is 1.40.